The first-order chi connectivity index (χ1) is 12.8. The summed E-state index contributed by atoms with van der Waals surface area (Å²) < 4.78 is 0. The zero-order chi connectivity index (χ0) is 19.3. The van der Waals surface area contributed by atoms with E-state index in [1.165, 1.54) is 129 Å². The van der Waals surface area contributed by atoms with E-state index in [1.54, 1.807) is 0 Å². The minimum absolute atomic E-state index is 1.29. The van der Waals surface area contributed by atoms with Crippen LogP contribution in [0, 0.1) is 0 Å². The summed E-state index contributed by atoms with van der Waals surface area (Å²) in [7, 11) is 0. The van der Waals surface area contributed by atoms with Gasteiger partial charge >= 0.3 is 0 Å². The second-order valence-electron chi connectivity index (χ2n) is 8.22. The summed E-state index contributed by atoms with van der Waals surface area (Å²) in [4.78, 5) is 5.31. The molecule has 0 spiro atoms. The highest BCUT2D eigenvalue weighted by Crippen LogP contribution is 2.11. The van der Waals surface area contributed by atoms with Gasteiger partial charge in [-0.3, -0.25) is 0 Å². The molecule has 0 aliphatic rings. The minimum atomic E-state index is 1.29. The Morgan fingerprint density at radius 3 is 0.769 bits per heavy atom. The van der Waals surface area contributed by atoms with E-state index >= 15 is 0 Å². The molecule has 26 heavy (non-hydrogen) atoms. The molecule has 0 aromatic rings. The van der Waals surface area contributed by atoms with Gasteiger partial charge in [0.25, 0.3) is 0 Å². The molecule has 0 fully saturated rings. The fraction of sp³-hybridized carbons (Fsp3) is 1.00. The highest BCUT2D eigenvalue weighted by Gasteiger charge is 2.02. The van der Waals surface area contributed by atoms with E-state index in [4.69, 9.17) is 0 Å². The van der Waals surface area contributed by atoms with Crippen LogP contribution in [-0.4, -0.2) is 49.1 Å². The highest BCUT2D eigenvalue weighted by atomic mass is 15.1. The number of hydrogen-bond acceptors (Lipinski definition) is 2. The van der Waals surface area contributed by atoms with Crippen LogP contribution in [0.1, 0.15) is 118 Å². The lowest BCUT2D eigenvalue weighted by molar-refractivity contribution is 0.267. The molecule has 0 aliphatic heterocycles. The van der Waals surface area contributed by atoms with Crippen LogP contribution in [0.25, 0.3) is 0 Å². The molecule has 0 aromatic carbocycles. The van der Waals surface area contributed by atoms with Crippen LogP contribution in [0.3, 0.4) is 0 Å². The van der Waals surface area contributed by atoms with Crippen molar-refractivity contribution in [3.8, 4) is 0 Å². The smallest absolute Gasteiger partial charge is 0.00187 e. The molecule has 0 bridgehead atoms. The molecule has 0 atom stereocenters. The highest BCUT2D eigenvalue weighted by molar-refractivity contribution is 4.58. The molecule has 0 N–H and O–H groups in total. The average Bonchev–Trinajstić information content (AvgIpc) is 2.63. The Kier molecular flexibility index (Phi) is 21.2. The maximum atomic E-state index is 2.65. The standard InChI is InChI=1S/C24H52N2/c1-5-19-25(20-6-2)23-17-15-13-11-9-10-12-14-16-18-24-26(21-7-3)22-8-4/h5-24H2,1-4H3. The molecular formula is C24H52N2. The van der Waals surface area contributed by atoms with Crippen molar-refractivity contribution in [2.75, 3.05) is 39.3 Å². The average molecular weight is 369 g/mol. The van der Waals surface area contributed by atoms with Gasteiger partial charge in [0.2, 0.25) is 0 Å². The normalized spacial score (nSPS) is 11.8. The number of hydrogen-bond donors (Lipinski definition) is 0. The van der Waals surface area contributed by atoms with Crippen LogP contribution in [0.15, 0.2) is 0 Å². The van der Waals surface area contributed by atoms with E-state index < -0.39 is 0 Å². The minimum Gasteiger partial charge on any atom is -0.303 e. The van der Waals surface area contributed by atoms with Crippen LogP contribution in [-0.2, 0) is 0 Å². The van der Waals surface area contributed by atoms with Gasteiger partial charge in [0.1, 0.15) is 0 Å². The van der Waals surface area contributed by atoms with Crippen molar-refractivity contribution < 1.29 is 0 Å². The quantitative estimate of drug-likeness (QED) is 0.199. The van der Waals surface area contributed by atoms with Gasteiger partial charge in [-0.15, -0.1) is 0 Å². The van der Waals surface area contributed by atoms with E-state index in [2.05, 4.69) is 37.5 Å². The van der Waals surface area contributed by atoms with Crippen molar-refractivity contribution in [1.82, 2.24) is 9.80 Å². The Balaban J connectivity index is 3.33. The summed E-state index contributed by atoms with van der Waals surface area (Å²) in [5.74, 6) is 0. The molecule has 0 aromatic heterocycles. The van der Waals surface area contributed by atoms with Gasteiger partial charge in [-0.05, 0) is 77.8 Å². The lowest BCUT2D eigenvalue weighted by Gasteiger charge is -2.20. The Labute approximate surface area is 167 Å². The van der Waals surface area contributed by atoms with E-state index in [-0.39, 0.29) is 0 Å². The SMILES string of the molecule is CCCN(CCC)CCCCCCCCCCCCN(CCC)CCC. The van der Waals surface area contributed by atoms with Crippen molar-refractivity contribution in [3.05, 3.63) is 0 Å². The van der Waals surface area contributed by atoms with Gasteiger partial charge in [-0.25, -0.2) is 0 Å². The zero-order valence-electron chi connectivity index (χ0n) is 19.0. The maximum Gasteiger partial charge on any atom is -0.00187 e. The third-order valence-electron chi connectivity index (χ3n) is 5.36. The lowest BCUT2D eigenvalue weighted by atomic mass is 10.1. The molecule has 0 heterocycles. The fourth-order valence-electron chi connectivity index (χ4n) is 4.02. The van der Waals surface area contributed by atoms with Crippen LogP contribution in [0.4, 0.5) is 0 Å². The lowest BCUT2D eigenvalue weighted by Crippen LogP contribution is -2.26. The van der Waals surface area contributed by atoms with E-state index in [1.807, 2.05) is 0 Å². The van der Waals surface area contributed by atoms with Gasteiger partial charge in [0, 0.05) is 0 Å². The van der Waals surface area contributed by atoms with Gasteiger partial charge in [-0.1, -0.05) is 79.1 Å². The van der Waals surface area contributed by atoms with Crippen molar-refractivity contribution in [2.24, 2.45) is 0 Å². The molecule has 2 heteroatoms. The summed E-state index contributed by atoms with van der Waals surface area (Å²) in [6.45, 7) is 17.0. The maximum absolute atomic E-state index is 2.65. The first kappa shape index (κ1) is 25.9. The third kappa shape index (κ3) is 17.3. The van der Waals surface area contributed by atoms with Gasteiger partial charge in [0.15, 0.2) is 0 Å². The summed E-state index contributed by atoms with van der Waals surface area (Å²) in [6.07, 6.45) is 19.7. The molecule has 2 nitrogen and oxygen atoms in total. The zero-order valence-corrected chi connectivity index (χ0v) is 19.0. The van der Waals surface area contributed by atoms with Crippen molar-refractivity contribution in [1.29, 1.82) is 0 Å². The van der Waals surface area contributed by atoms with Crippen LogP contribution >= 0.6 is 0 Å². The molecule has 0 radical (unpaired) electrons. The van der Waals surface area contributed by atoms with Gasteiger partial charge in [-0.2, -0.15) is 0 Å². The van der Waals surface area contributed by atoms with Gasteiger partial charge in [0.05, 0.1) is 0 Å². The molecule has 0 unspecified atom stereocenters. The molecule has 0 rings (SSSR count). The van der Waals surface area contributed by atoms with Crippen molar-refractivity contribution in [2.45, 2.75) is 118 Å². The largest absolute Gasteiger partial charge is 0.303 e. The van der Waals surface area contributed by atoms with Crippen LogP contribution < -0.4 is 0 Å². The van der Waals surface area contributed by atoms with E-state index in [0.717, 1.165) is 0 Å². The van der Waals surface area contributed by atoms with E-state index in [9.17, 15) is 0 Å². The second-order valence-corrected chi connectivity index (χ2v) is 8.22. The van der Waals surface area contributed by atoms with Gasteiger partial charge < -0.3 is 9.80 Å². The number of rotatable bonds is 21. The number of unbranched alkanes of at least 4 members (excludes halogenated alkanes) is 9. The molecule has 158 valence electrons. The molecule has 0 saturated heterocycles. The molecular weight excluding hydrogens is 316 g/mol. The molecule has 0 aliphatic carbocycles. The summed E-state index contributed by atoms with van der Waals surface area (Å²) >= 11 is 0. The van der Waals surface area contributed by atoms with Crippen molar-refractivity contribution >= 4 is 0 Å². The van der Waals surface area contributed by atoms with Crippen LogP contribution in [0.2, 0.25) is 0 Å². The van der Waals surface area contributed by atoms with E-state index in [0.29, 0.717) is 0 Å². The van der Waals surface area contributed by atoms with Crippen molar-refractivity contribution in [3.63, 3.8) is 0 Å². The Morgan fingerprint density at radius 1 is 0.308 bits per heavy atom. The first-order valence-corrected chi connectivity index (χ1v) is 12.2. The fourth-order valence-corrected chi connectivity index (χ4v) is 4.02. The first-order valence-electron chi connectivity index (χ1n) is 12.2. The summed E-state index contributed by atoms with van der Waals surface area (Å²) in [5, 5.41) is 0. The number of nitrogens with zero attached hydrogens (tertiary/aromatic N) is 2. The summed E-state index contributed by atoms with van der Waals surface area (Å²) in [6, 6.07) is 0. The Bertz CT molecular complexity index is 217. The molecule has 0 amide bonds. The second kappa shape index (κ2) is 21.2. The predicted molar refractivity (Wildman–Crippen MR) is 120 cm³/mol. The Hall–Kier alpha value is -0.0800. The third-order valence-corrected chi connectivity index (χ3v) is 5.36. The monoisotopic (exact) mass is 368 g/mol. The predicted octanol–water partition coefficient (Wildman–Crippen LogP) is 7.13. The summed E-state index contributed by atoms with van der Waals surface area (Å²) in [5.41, 5.74) is 0. The Morgan fingerprint density at radius 2 is 0.538 bits per heavy atom. The van der Waals surface area contributed by atoms with Crippen LogP contribution in [0.5, 0.6) is 0 Å². The topological polar surface area (TPSA) is 6.48 Å². The molecule has 0 saturated carbocycles.